The third-order valence-electron chi connectivity index (χ3n) is 3.30. The average Bonchev–Trinajstić information content (AvgIpc) is 2.76. The molecule has 1 aliphatic heterocycles. The molecule has 1 atom stereocenters. The lowest BCUT2D eigenvalue weighted by atomic mass is 10.1. The maximum atomic E-state index is 12.6. The van der Waals surface area contributed by atoms with Crippen LogP contribution in [0.4, 0.5) is 0 Å². The number of aliphatic imine (C=N–C) groups is 1. The molecule has 0 aromatic carbocycles. The summed E-state index contributed by atoms with van der Waals surface area (Å²) < 4.78 is 1.73. The first kappa shape index (κ1) is 12.9. The van der Waals surface area contributed by atoms with Crippen LogP contribution >= 0.6 is 11.6 Å². The van der Waals surface area contributed by atoms with Crippen molar-refractivity contribution in [3.05, 3.63) is 52.6 Å². The quantitative estimate of drug-likeness (QED) is 0.525. The van der Waals surface area contributed by atoms with Gasteiger partial charge < -0.3 is 0 Å². The van der Waals surface area contributed by atoms with Gasteiger partial charge in [0.25, 0.3) is 0 Å². The molecule has 102 valence electrons. The lowest BCUT2D eigenvalue weighted by molar-refractivity contribution is 0.103. The van der Waals surface area contributed by atoms with Crippen molar-refractivity contribution in [1.82, 2.24) is 9.66 Å². The number of nitrogens with zero attached hydrogens (tertiary/aromatic N) is 3. The van der Waals surface area contributed by atoms with Crippen molar-refractivity contribution >= 4 is 23.7 Å². The summed E-state index contributed by atoms with van der Waals surface area (Å²) in [6.07, 6.45) is 3.25. The van der Waals surface area contributed by atoms with Crippen LogP contribution in [0.25, 0.3) is 0 Å². The molecule has 0 saturated carbocycles. The van der Waals surface area contributed by atoms with Gasteiger partial charge in [-0.25, -0.2) is 9.98 Å². The standard InChI is InChI=1S/C14H13ClN4O/c1-8-4-3-5-11(18-8)13(20)10-6-19-12(9(10)2)14(15)16-7-17-19/h3-7,14H,1-2H3,(H,16,17). The number of aryl methyl sites for hydroxylation is 1. The molecule has 5 nitrogen and oxygen atoms in total. The predicted octanol–water partition coefficient (Wildman–Crippen LogP) is 2.55. The molecule has 1 aliphatic rings. The Morgan fingerprint density at radius 3 is 2.90 bits per heavy atom. The molecule has 6 heteroatoms. The monoisotopic (exact) mass is 288 g/mol. The maximum absolute atomic E-state index is 12.6. The number of pyridine rings is 1. The van der Waals surface area contributed by atoms with Crippen molar-refractivity contribution < 1.29 is 4.79 Å². The number of aromatic nitrogens is 2. The first-order chi connectivity index (χ1) is 9.58. The molecule has 0 amide bonds. The summed E-state index contributed by atoms with van der Waals surface area (Å²) in [6, 6.07) is 5.40. The van der Waals surface area contributed by atoms with Gasteiger partial charge >= 0.3 is 0 Å². The van der Waals surface area contributed by atoms with Gasteiger partial charge in [0, 0.05) is 17.5 Å². The summed E-state index contributed by atoms with van der Waals surface area (Å²) in [7, 11) is 0. The van der Waals surface area contributed by atoms with Crippen LogP contribution in [0.2, 0.25) is 0 Å². The molecule has 2 aromatic heterocycles. The molecule has 0 radical (unpaired) electrons. The minimum atomic E-state index is -0.483. The molecule has 20 heavy (non-hydrogen) atoms. The number of hydrogen-bond donors (Lipinski definition) is 1. The SMILES string of the molecule is Cc1cccc(C(=O)c2cn3c(c2C)C(Cl)N=CN3)n1. The Labute approximate surface area is 121 Å². The van der Waals surface area contributed by atoms with Gasteiger partial charge in [-0.15, -0.1) is 0 Å². The zero-order chi connectivity index (χ0) is 14.3. The van der Waals surface area contributed by atoms with Gasteiger partial charge in [0.1, 0.15) is 12.0 Å². The number of carbonyl (C=O) groups is 1. The first-order valence-corrected chi connectivity index (χ1v) is 6.64. The Hall–Kier alpha value is -2.14. The highest BCUT2D eigenvalue weighted by Gasteiger charge is 2.25. The zero-order valence-corrected chi connectivity index (χ0v) is 11.8. The largest absolute Gasteiger partial charge is 0.287 e. The second-order valence-corrected chi connectivity index (χ2v) is 5.07. The first-order valence-electron chi connectivity index (χ1n) is 6.20. The fraction of sp³-hybridized carbons (Fsp3) is 0.214. The van der Waals surface area contributed by atoms with Crippen LogP contribution in [0.5, 0.6) is 0 Å². The van der Waals surface area contributed by atoms with Crippen molar-refractivity contribution in [2.24, 2.45) is 4.99 Å². The van der Waals surface area contributed by atoms with Gasteiger partial charge in [0.05, 0.1) is 5.69 Å². The second-order valence-electron chi connectivity index (χ2n) is 4.66. The normalized spacial score (nSPS) is 16.6. The molecule has 0 bridgehead atoms. The Morgan fingerprint density at radius 2 is 2.20 bits per heavy atom. The predicted molar refractivity (Wildman–Crippen MR) is 78.0 cm³/mol. The molecule has 0 aliphatic carbocycles. The van der Waals surface area contributed by atoms with Crippen molar-refractivity contribution in [3.63, 3.8) is 0 Å². The third-order valence-corrected chi connectivity index (χ3v) is 3.62. The van der Waals surface area contributed by atoms with Crippen molar-refractivity contribution in [2.45, 2.75) is 19.3 Å². The van der Waals surface area contributed by atoms with E-state index in [2.05, 4.69) is 15.4 Å². The van der Waals surface area contributed by atoms with E-state index >= 15 is 0 Å². The van der Waals surface area contributed by atoms with Gasteiger partial charge in [-0.3, -0.25) is 14.9 Å². The number of nitrogens with one attached hydrogen (secondary N) is 1. The van der Waals surface area contributed by atoms with Crippen LogP contribution in [0.15, 0.2) is 29.4 Å². The number of rotatable bonds is 2. The van der Waals surface area contributed by atoms with Crippen molar-refractivity contribution in [3.8, 4) is 0 Å². The van der Waals surface area contributed by atoms with Crippen LogP contribution in [0, 0.1) is 13.8 Å². The van der Waals surface area contributed by atoms with Gasteiger partial charge in [-0.05, 0) is 31.5 Å². The molecular weight excluding hydrogens is 276 g/mol. The molecular formula is C14H13ClN4O. The van der Waals surface area contributed by atoms with Crippen LogP contribution in [0.3, 0.4) is 0 Å². The lowest BCUT2D eigenvalue weighted by Gasteiger charge is -2.16. The summed E-state index contributed by atoms with van der Waals surface area (Å²) >= 11 is 6.16. The molecule has 3 heterocycles. The molecule has 0 spiro atoms. The number of halogens is 1. The molecule has 0 fully saturated rings. The zero-order valence-electron chi connectivity index (χ0n) is 11.1. The Morgan fingerprint density at radius 1 is 1.40 bits per heavy atom. The number of carbonyl (C=O) groups excluding carboxylic acids is 1. The minimum absolute atomic E-state index is 0.112. The van der Waals surface area contributed by atoms with E-state index < -0.39 is 5.50 Å². The second kappa shape index (κ2) is 4.76. The molecule has 1 unspecified atom stereocenters. The third kappa shape index (κ3) is 2.00. The van der Waals surface area contributed by atoms with Gasteiger partial charge in [-0.1, -0.05) is 17.7 Å². The van der Waals surface area contributed by atoms with E-state index in [1.165, 1.54) is 6.34 Å². The summed E-state index contributed by atoms with van der Waals surface area (Å²) in [5.41, 5.74) is 5.89. The van der Waals surface area contributed by atoms with E-state index in [0.717, 1.165) is 17.0 Å². The summed E-state index contributed by atoms with van der Waals surface area (Å²) in [5, 5.41) is 0. The molecule has 2 aromatic rings. The summed E-state index contributed by atoms with van der Waals surface area (Å²) in [6.45, 7) is 3.73. The fourth-order valence-corrected chi connectivity index (χ4v) is 2.61. The Balaban J connectivity index is 2.06. The number of hydrogen-bond acceptors (Lipinski definition) is 4. The van der Waals surface area contributed by atoms with Gasteiger partial charge in [0.2, 0.25) is 5.78 Å². The maximum Gasteiger partial charge on any atom is 0.213 e. The number of fused-ring (bicyclic) bond motifs is 1. The van der Waals surface area contributed by atoms with E-state index in [-0.39, 0.29) is 5.78 Å². The van der Waals surface area contributed by atoms with Gasteiger partial charge in [-0.2, -0.15) is 0 Å². The smallest absolute Gasteiger partial charge is 0.213 e. The minimum Gasteiger partial charge on any atom is -0.287 e. The van der Waals surface area contributed by atoms with Crippen molar-refractivity contribution in [1.29, 1.82) is 0 Å². The number of ketones is 1. The highest BCUT2D eigenvalue weighted by Crippen LogP contribution is 2.30. The molecule has 3 rings (SSSR count). The van der Waals surface area contributed by atoms with Crippen LogP contribution in [-0.2, 0) is 0 Å². The summed E-state index contributed by atoms with van der Waals surface area (Å²) in [4.78, 5) is 20.9. The van der Waals surface area contributed by atoms with Crippen LogP contribution < -0.4 is 5.43 Å². The van der Waals surface area contributed by atoms with E-state index in [1.54, 1.807) is 16.9 Å². The highest BCUT2D eigenvalue weighted by atomic mass is 35.5. The lowest BCUT2D eigenvalue weighted by Crippen LogP contribution is -2.20. The van der Waals surface area contributed by atoms with Crippen LogP contribution in [0.1, 0.15) is 38.5 Å². The van der Waals surface area contributed by atoms with E-state index in [9.17, 15) is 4.79 Å². The molecule has 0 saturated heterocycles. The van der Waals surface area contributed by atoms with Gasteiger partial charge in [0.15, 0.2) is 5.50 Å². The Bertz CT molecular complexity index is 720. The fourth-order valence-electron chi connectivity index (χ4n) is 2.28. The van der Waals surface area contributed by atoms with Crippen LogP contribution in [-0.4, -0.2) is 21.8 Å². The average molecular weight is 289 g/mol. The highest BCUT2D eigenvalue weighted by molar-refractivity contribution is 6.21. The Kier molecular flexibility index (Phi) is 3.06. The molecule has 1 N–H and O–H groups in total. The van der Waals surface area contributed by atoms with E-state index in [4.69, 9.17) is 11.6 Å². The van der Waals surface area contributed by atoms with E-state index in [1.807, 2.05) is 26.0 Å². The van der Waals surface area contributed by atoms with Crippen molar-refractivity contribution in [2.75, 3.05) is 5.43 Å². The number of alkyl halides is 1. The summed E-state index contributed by atoms with van der Waals surface area (Å²) in [5.74, 6) is -0.112. The van der Waals surface area contributed by atoms with E-state index in [0.29, 0.717) is 11.3 Å². The topological polar surface area (TPSA) is 59.3 Å².